The lowest BCUT2D eigenvalue weighted by Crippen LogP contribution is -3.00. The van der Waals surface area contributed by atoms with Gasteiger partial charge < -0.3 is 26.2 Å². The first-order chi connectivity index (χ1) is 6.61. The van der Waals surface area contributed by atoms with Crippen LogP contribution in [0.15, 0.2) is 11.6 Å². The summed E-state index contributed by atoms with van der Waals surface area (Å²) >= 11 is 0. The molecule has 1 aliphatic rings. The normalized spacial score (nSPS) is 25.1. The van der Waals surface area contributed by atoms with Gasteiger partial charge in [-0.1, -0.05) is 0 Å². The van der Waals surface area contributed by atoms with E-state index in [-0.39, 0.29) is 23.0 Å². The van der Waals surface area contributed by atoms with Crippen LogP contribution >= 0.6 is 0 Å². The first-order valence-electron chi connectivity index (χ1n) is 5.31. The first-order valence-corrected chi connectivity index (χ1v) is 5.31. The van der Waals surface area contributed by atoms with Crippen molar-refractivity contribution in [3.8, 4) is 0 Å². The summed E-state index contributed by atoms with van der Waals surface area (Å²) in [6.07, 6.45) is 2.88. The third-order valence-electron chi connectivity index (χ3n) is 3.00. The number of rotatable bonds is 3. The fraction of sp³-hybridized carbons (Fsp3) is 0.727. The minimum Gasteiger partial charge on any atom is -1.00 e. The standard InChI is InChI=1S/C11H20NO2.BrH/c1-4-12(3)8-6-10(7-9-12)11(13)14-5-2;/h6H,4-5,7-9H2,1-3H3;1H/q+1;/p-1. The summed E-state index contributed by atoms with van der Waals surface area (Å²) in [5.41, 5.74) is 0.857. The van der Waals surface area contributed by atoms with Gasteiger partial charge in [0.25, 0.3) is 0 Å². The van der Waals surface area contributed by atoms with E-state index in [0.717, 1.165) is 36.1 Å². The Kier molecular flexibility index (Phi) is 6.13. The highest BCUT2D eigenvalue weighted by Gasteiger charge is 2.25. The van der Waals surface area contributed by atoms with Crippen LogP contribution in [-0.4, -0.2) is 43.7 Å². The monoisotopic (exact) mass is 277 g/mol. The summed E-state index contributed by atoms with van der Waals surface area (Å²) in [5.74, 6) is -0.130. The Hall–Kier alpha value is -0.350. The summed E-state index contributed by atoms with van der Waals surface area (Å²) < 4.78 is 6.00. The van der Waals surface area contributed by atoms with Crippen LogP contribution in [0, 0.1) is 0 Å². The molecule has 0 aromatic carbocycles. The molecular formula is C11H20BrNO2. The number of carbonyl (C=O) groups is 1. The van der Waals surface area contributed by atoms with Gasteiger partial charge in [0.1, 0.15) is 0 Å². The van der Waals surface area contributed by atoms with E-state index >= 15 is 0 Å². The molecule has 0 aromatic rings. The van der Waals surface area contributed by atoms with Crippen LogP contribution in [0.4, 0.5) is 0 Å². The van der Waals surface area contributed by atoms with Crippen molar-refractivity contribution in [2.24, 2.45) is 0 Å². The molecule has 0 saturated carbocycles. The minimum absolute atomic E-state index is 0. The average molecular weight is 278 g/mol. The molecule has 0 amide bonds. The summed E-state index contributed by atoms with van der Waals surface area (Å²) in [6, 6.07) is 0. The topological polar surface area (TPSA) is 26.3 Å². The molecular weight excluding hydrogens is 258 g/mol. The summed E-state index contributed by atoms with van der Waals surface area (Å²) in [5, 5.41) is 0. The molecule has 88 valence electrons. The number of esters is 1. The highest BCUT2D eigenvalue weighted by Crippen LogP contribution is 2.17. The van der Waals surface area contributed by atoms with Crippen LogP contribution in [0.1, 0.15) is 20.3 Å². The molecule has 0 aliphatic carbocycles. The van der Waals surface area contributed by atoms with Crippen LogP contribution < -0.4 is 17.0 Å². The summed E-state index contributed by atoms with van der Waals surface area (Å²) in [7, 11) is 2.22. The maximum Gasteiger partial charge on any atom is 0.334 e. The molecule has 0 spiro atoms. The second-order valence-corrected chi connectivity index (χ2v) is 4.04. The zero-order chi connectivity index (χ0) is 10.6. The second-order valence-electron chi connectivity index (χ2n) is 4.04. The minimum atomic E-state index is -0.130. The highest BCUT2D eigenvalue weighted by atomic mass is 79.9. The number of quaternary nitrogens is 1. The van der Waals surface area contributed by atoms with E-state index < -0.39 is 0 Å². The largest absolute Gasteiger partial charge is 1.00 e. The molecule has 1 atom stereocenters. The second kappa shape index (κ2) is 6.28. The predicted octanol–water partition coefficient (Wildman–Crippen LogP) is -1.65. The third kappa shape index (κ3) is 3.95. The lowest BCUT2D eigenvalue weighted by atomic mass is 10.1. The van der Waals surface area contributed by atoms with Crippen LogP contribution in [0.25, 0.3) is 0 Å². The van der Waals surface area contributed by atoms with Crippen molar-refractivity contribution >= 4 is 5.97 Å². The van der Waals surface area contributed by atoms with E-state index in [4.69, 9.17) is 4.74 Å². The van der Waals surface area contributed by atoms with Crippen molar-refractivity contribution in [1.29, 1.82) is 0 Å². The molecule has 0 fully saturated rings. The average Bonchev–Trinajstić information content (AvgIpc) is 2.19. The third-order valence-corrected chi connectivity index (χ3v) is 3.00. The Morgan fingerprint density at radius 2 is 2.20 bits per heavy atom. The number of halogens is 1. The maximum atomic E-state index is 11.4. The van der Waals surface area contributed by atoms with Crippen molar-refractivity contribution in [2.75, 3.05) is 33.3 Å². The van der Waals surface area contributed by atoms with Gasteiger partial charge >= 0.3 is 5.97 Å². The van der Waals surface area contributed by atoms with Gasteiger partial charge in [0.15, 0.2) is 0 Å². The number of carbonyl (C=O) groups excluding carboxylic acids is 1. The SMILES string of the molecule is CCOC(=O)C1=CC[N+](C)(CC)CC1.[Br-]. The van der Waals surface area contributed by atoms with E-state index in [1.807, 2.05) is 13.0 Å². The van der Waals surface area contributed by atoms with Crippen LogP contribution in [-0.2, 0) is 9.53 Å². The Morgan fingerprint density at radius 1 is 1.53 bits per heavy atom. The van der Waals surface area contributed by atoms with Crippen molar-refractivity contribution < 1.29 is 31.0 Å². The molecule has 1 aliphatic heterocycles. The smallest absolute Gasteiger partial charge is 0.334 e. The molecule has 4 heteroatoms. The zero-order valence-electron chi connectivity index (χ0n) is 9.75. The van der Waals surface area contributed by atoms with Gasteiger partial charge in [-0.2, -0.15) is 0 Å². The molecule has 0 radical (unpaired) electrons. The number of hydrogen-bond acceptors (Lipinski definition) is 2. The molecule has 1 heterocycles. The highest BCUT2D eigenvalue weighted by molar-refractivity contribution is 5.88. The number of nitrogens with zero attached hydrogens (tertiary/aromatic N) is 1. The van der Waals surface area contributed by atoms with E-state index in [9.17, 15) is 4.79 Å². The fourth-order valence-corrected chi connectivity index (χ4v) is 1.61. The summed E-state index contributed by atoms with van der Waals surface area (Å²) in [4.78, 5) is 11.4. The van der Waals surface area contributed by atoms with E-state index in [1.165, 1.54) is 0 Å². The van der Waals surface area contributed by atoms with Gasteiger partial charge in [0.2, 0.25) is 0 Å². The van der Waals surface area contributed by atoms with E-state index in [1.54, 1.807) is 0 Å². The number of ether oxygens (including phenoxy) is 1. The van der Waals surface area contributed by atoms with Crippen LogP contribution in [0.2, 0.25) is 0 Å². The molecule has 0 N–H and O–H groups in total. The van der Waals surface area contributed by atoms with Gasteiger partial charge in [0.05, 0.1) is 33.3 Å². The van der Waals surface area contributed by atoms with E-state index in [2.05, 4.69) is 14.0 Å². The zero-order valence-corrected chi connectivity index (χ0v) is 11.3. The van der Waals surface area contributed by atoms with Crippen LogP contribution in [0.3, 0.4) is 0 Å². The van der Waals surface area contributed by atoms with Crippen molar-refractivity contribution in [1.82, 2.24) is 0 Å². The number of hydrogen-bond donors (Lipinski definition) is 0. The molecule has 0 aromatic heterocycles. The fourth-order valence-electron chi connectivity index (χ4n) is 1.61. The molecule has 0 bridgehead atoms. The molecule has 0 saturated heterocycles. The Morgan fingerprint density at radius 3 is 2.60 bits per heavy atom. The quantitative estimate of drug-likeness (QED) is 0.457. The number of likely N-dealkylation sites (N-methyl/N-ethyl adjacent to an activating group) is 1. The van der Waals surface area contributed by atoms with Gasteiger partial charge in [-0.3, -0.25) is 0 Å². The van der Waals surface area contributed by atoms with Crippen molar-refractivity contribution in [3.05, 3.63) is 11.6 Å². The molecule has 1 rings (SSSR count). The first kappa shape index (κ1) is 14.6. The molecule has 15 heavy (non-hydrogen) atoms. The predicted molar refractivity (Wildman–Crippen MR) is 55.8 cm³/mol. The lowest BCUT2D eigenvalue weighted by molar-refractivity contribution is -0.903. The van der Waals surface area contributed by atoms with Crippen LogP contribution in [0.5, 0.6) is 0 Å². The Bertz CT molecular complexity index is 253. The van der Waals surface area contributed by atoms with Gasteiger partial charge in [-0.25, -0.2) is 4.79 Å². The van der Waals surface area contributed by atoms with Gasteiger partial charge in [0, 0.05) is 12.0 Å². The lowest BCUT2D eigenvalue weighted by Gasteiger charge is -2.35. The van der Waals surface area contributed by atoms with E-state index in [0.29, 0.717) is 6.61 Å². The Labute approximate surface area is 102 Å². The van der Waals surface area contributed by atoms with Gasteiger partial charge in [-0.15, -0.1) is 0 Å². The van der Waals surface area contributed by atoms with Crippen molar-refractivity contribution in [2.45, 2.75) is 20.3 Å². The maximum absolute atomic E-state index is 11.4. The summed E-state index contributed by atoms with van der Waals surface area (Å²) in [6.45, 7) is 7.60. The Balaban J connectivity index is 0.00000196. The molecule has 1 unspecified atom stereocenters. The van der Waals surface area contributed by atoms with Gasteiger partial charge in [-0.05, 0) is 19.9 Å². The van der Waals surface area contributed by atoms with Crippen molar-refractivity contribution in [3.63, 3.8) is 0 Å². The molecule has 3 nitrogen and oxygen atoms in total.